The lowest BCUT2D eigenvalue weighted by atomic mass is 9.98. The van der Waals surface area contributed by atoms with E-state index in [0.717, 1.165) is 31.5 Å². The van der Waals surface area contributed by atoms with Crippen molar-refractivity contribution in [2.75, 3.05) is 19.6 Å². The fraction of sp³-hybridized carbons (Fsp3) is 0.444. The molecule has 0 aromatic heterocycles. The molecule has 0 bridgehead atoms. The zero-order valence-electron chi connectivity index (χ0n) is 13.1. The Hall–Kier alpha value is -2.14. The largest absolute Gasteiger partial charge is 0.341 e. The Morgan fingerprint density at radius 1 is 1.22 bits per heavy atom. The quantitative estimate of drug-likeness (QED) is 0.895. The minimum Gasteiger partial charge on any atom is -0.341 e. The van der Waals surface area contributed by atoms with Gasteiger partial charge >= 0.3 is 0 Å². The van der Waals surface area contributed by atoms with Crippen LogP contribution in [-0.4, -0.2) is 47.3 Å². The maximum atomic E-state index is 12.6. The van der Waals surface area contributed by atoms with Gasteiger partial charge in [-0.3, -0.25) is 14.5 Å². The van der Waals surface area contributed by atoms with Crippen molar-refractivity contribution in [3.05, 3.63) is 42.0 Å². The highest BCUT2D eigenvalue weighted by molar-refractivity contribution is 6.10. The summed E-state index contributed by atoms with van der Waals surface area (Å²) in [4.78, 5) is 28.5. The molecular formula is C18H21N3O2. The second-order valence-electron chi connectivity index (χ2n) is 6.85. The van der Waals surface area contributed by atoms with Gasteiger partial charge in [-0.1, -0.05) is 24.8 Å². The van der Waals surface area contributed by atoms with E-state index in [-0.39, 0.29) is 24.4 Å². The fourth-order valence-electron chi connectivity index (χ4n) is 4.25. The van der Waals surface area contributed by atoms with Gasteiger partial charge < -0.3 is 10.6 Å². The maximum absolute atomic E-state index is 12.6. The summed E-state index contributed by atoms with van der Waals surface area (Å²) in [5, 5.41) is 0. The molecule has 2 aliphatic heterocycles. The predicted octanol–water partition coefficient (Wildman–Crippen LogP) is 1.31. The minimum absolute atomic E-state index is 0.00564. The standard InChI is InChI=1S/C18H21N3O2/c1-11-13-4-2-3-5-14(13)18(23)21(11)10-17(22)20-8-12-6-7-16(19)15(12)9-20/h2-5,12,15-16H,1,6-10,19H2. The van der Waals surface area contributed by atoms with Crippen molar-refractivity contribution >= 4 is 17.5 Å². The molecule has 3 aliphatic rings. The van der Waals surface area contributed by atoms with E-state index < -0.39 is 0 Å². The summed E-state index contributed by atoms with van der Waals surface area (Å²) in [6.45, 7) is 5.57. The number of amides is 2. The highest BCUT2D eigenvalue weighted by atomic mass is 16.2. The van der Waals surface area contributed by atoms with Gasteiger partial charge in [-0.2, -0.15) is 0 Å². The van der Waals surface area contributed by atoms with Gasteiger partial charge in [0.05, 0.1) is 0 Å². The van der Waals surface area contributed by atoms with Gasteiger partial charge in [-0.05, 0) is 30.7 Å². The molecular weight excluding hydrogens is 290 g/mol. The molecule has 3 unspecified atom stereocenters. The minimum atomic E-state index is -0.130. The Kier molecular flexibility index (Phi) is 3.27. The predicted molar refractivity (Wildman–Crippen MR) is 87.3 cm³/mol. The molecule has 2 amide bonds. The van der Waals surface area contributed by atoms with E-state index in [0.29, 0.717) is 23.1 Å². The molecule has 2 fully saturated rings. The van der Waals surface area contributed by atoms with Crippen LogP contribution in [-0.2, 0) is 4.79 Å². The number of rotatable bonds is 2. The summed E-state index contributed by atoms with van der Waals surface area (Å²) < 4.78 is 0. The number of fused-ring (bicyclic) bond motifs is 2. The van der Waals surface area contributed by atoms with Crippen molar-refractivity contribution in [2.45, 2.75) is 18.9 Å². The van der Waals surface area contributed by atoms with Crippen molar-refractivity contribution in [3.63, 3.8) is 0 Å². The van der Waals surface area contributed by atoms with Gasteiger partial charge in [-0.15, -0.1) is 0 Å². The summed E-state index contributed by atoms with van der Waals surface area (Å²) in [5.41, 5.74) is 8.21. The molecule has 1 aromatic carbocycles. The summed E-state index contributed by atoms with van der Waals surface area (Å²) in [7, 11) is 0. The summed E-state index contributed by atoms with van der Waals surface area (Å²) in [6.07, 6.45) is 2.17. The third-order valence-corrected chi connectivity index (χ3v) is 5.60. The average molecular weight is 311 g/mol. The topological polar surface area (TPSA) is 66.6 Å². The molecule has 1 saturated carbocycles. The first-order chi connectivity index (χ1) is 11.1. The molecule has 4 rings (SSSR count). The lowest BCUT2D eigenvalue weighted by Gasteiger charge is -2.23. The highest BCUT2D eigenvalue weighted by Crippen LogP contribution is 2.37. The lowest BCUT2D eigenvalue weighted by Crippen LogP contribution is -2.40. The van der Waals surface area contributed by atoms with Crippen LogP contribution in [0.25, 0.3) is 5.70 Å². The number of hydrogen-bond acceptors (Lipinski definition) is 3. The molecule has 23 heavy (non-hydrogen) atoms. The SMILES string of the molecule is C=C1c2ccccc2C(=O)N1CC(=O)N1CC2CCC(N)C2C1. The van der Waals surface area contributed by atoms with E-state index in [1.807, 2.05) is 23.1 Å². The monoisotopic (exact) mass is 311 g/mol. The van der Waals surface area contributed by atoms with Crippen LogP contribution in [0.1, 0.15) is 28.8 Å². The van der Waals surface area contributed by atoms with Crippen LogP contribution < -0.4 is 5.73 Å². The van der Waals surface area contributed by atoms with E-state index in [9.17, 15) is 9.59 Å². The Balaban J connectivity index is 1.46. The second kappa shape index (κ2) is 5.20. The third-order valence-electron chi connectivity index (χ3n) is 5.60. The van der Waals surface area contributed by atoms with Gasteiger partial charge in [0.25, 0.3) is 5.91 Å². The average Bonchev–Trinajstić information content (AvgIpc) is 3.19. The van der Waals surface area contributed by atoms with Gasteiger partial charge in [0.1, 0.15) is 6.54 Å². The molecule has 2 N–H and O–H groups in total. The lowest BCUT2D eigenvalue weighted by molar-refractivity contribution is -0.130. The molecule has 1 saturated heterocycles. The summed E-state index contributed by atoms with van der Waals surface area (Å²) in [5.74, 6) is 0.821. The first-order valence-electron chi connectivity index (χ1n) is 8.20. The van der Waals surface area contributed by atoms with Crippen LogP contribution in [0.2, 0.25) is 0 Å². The van der Waals surface area contributed by atoms with Gasteiger partial charge in [-0.25, -0.2) is 0 Å². The van der Waals surface area contributed by atoms with E-state index in [2.05, 4.69) is 6.58 Å². The molecule has 5 nitrogen and oxygen atoms in total. The molecule has 5 heteroatoms. The summed E-state index contributed by atoms with van der Waals surface area (Å²) >= 11 is 0. The van der Waals surface area contributed by atoms with Gasteiger partial charge in [0.15, 0.2) is 0 Å². The number of hydrogen-bond donors (Lipinski definition) is 1. The first kappa shape index (κ1) is 14.5. The maximum Gasteiger partial charge on any atom is 0.259 e. The molecule has 120 valence electrons. The Morgan fingerprint density at radius 2 is 1.96 bits per heavy atom. The van der Waals surface area contributed by atoms with Crippen LogP contribution in [0.15, 0.2) is 30.8 Å². The molecule has 3 atom stereocenters. The van der Waals surface area contributed by atoms with Crippen molar-refractivity contribution in [2.24, 2.45) is 17.6 Å². The van der Waals surface area contributed by atoms with Gasteiger partial charge in [0.2, 0.25) is 5.91 Å². The molecule has 2 heterocycles. The number of carbonyl (C=O) groups is 2. The van der Waals surface area contributed by atoms with E-state index in [1.165, 1.54) is 4.90 Å². The van der Waals surface area contributed by atoms with Crippen molar-refractivity contribution < 1.29 is 9.59 Å². The number of carbonyl (C=O) groups excluding carboxylic acids is 2. The fourth-order valence-corrected chi connectivity index (χ4v) is 4.25. The zero-order valence-corrected chi connectivity index (χ0v) is 13.1. The first-order valence-corrected chi connectivity index (χ1v) is 8.20. The van der Waals surface area contributed by atoms with Crippen molar-refractivity contribution in [3.8, 4) is 0 Å². The number of nitrogens with two attached hydrogens (primary N) is 1. The zero-order chi connectivity index (χ0) is 16.1. The Labute approximate surface area is 135 Å². The van der Waals surface area contributed by atoms with Crippen molar-refractivity contribution in [1.29, 1.82) is 0 Å². The van der Waals surface area contributed by atoms with Gasteiger partial charge in [0, 0.05) is 36.0 Å². The summed E-state index contributed by atoms with van der Waals surface area (Å²) in [6, 6.07) is 7.58. The van der Waals surface area contributed by atoms with Crippen molar-refractivity contribution in [1.82, 2.24) is 9.80 Å². The van der Waals surface area contributed by atoms with Crippen LogP contribution in [0.4, 0.5) is 0 Å². The third kappa shape index (κ3) is 2.18. The highest BCUT2D eigenvalue weighted by Gasteiger charge is 2.43. The Bertz CT molecular complexity index is 664. The second-order valence-corrected chi connectivity index (χ2v) is 6.85. The number of nitrogens with zero attached hydrogens (tertiary/aromatic N) is 2. The van der Waals surface area contributed by atoms with Crippen LogP contribution in [0.5, 0.6) is 0 Å². The van der Waals surface area contributed by atoms with Crippen LogP contribution >= 0.6 is 0 Å². The molecule has 1 aromatic rings. The smallest absolute Gasteiger partial charge is 0.259 e. The van der Waals surface area contributed by atoms with Crippen LogP contribution in [0, 0.1) is 11.8 Å². The Morgan fingerprint density at radius 3 is 2.65 bits per heavy atom. The molecule has 0 spiro atoms. The van der Waals surface area contributed by atoms with E-state index in [4.69, 9.17) is 5.73 Å². The number of benzene rings is 1. The normalized spacial score (nSPS) is 29.2. The van der Waals surface area contributed by atoms with E-state index in [1.54, 1.807) is 6.07 Å². The molecule has 1 aliphatic carbocycles. The van der Waals surface area contributed by atoms with Crippen LogP contribution in [0.3, 0.4) is 0 Å². The number of likely N-dealkylation sites (tertiary alicyclic amines) is 1. The van der Waals surface area contributed by atoms with E-state index >= 15 is 0 Å². The molecule has 0 radical (unpaired) electrons.